The minimum atomic E-state index is -0.769. The molecule has 0 heterocycles. The highest BCUT2D eigenvalue weighted by Crippen LogP contribution is 2.19. The van der Waals surface area contributed by atoms with E-state index in [4.69, 9.17) is 14.2 Å². The number of hydrogen-bond donors (Lipinski definition) is 0. The molecule has 0 aliphatic carbocycles. The molecule has 0 spiro atoms. The fraction of sp³-hybridized carbons (Fsp3) is 0.932. The van der Waals surface area contributed by atoms with Gasteiger partial charge in [0.1, 0.15) is 13.2 Å². The third kappa shape index (κ3) is 66.8. The lowest BCUT2D eigenvalue weighted by molar-refractivity contribution is -0.167. The summed E-state index contributed by atoms with van der Waals surface area (Å²) in [5.74, 6) is -0.832. The predicted octanol–water partition coefficient (Wildman–Crippen LogP) is 24.8. The molecule has 0 aromatic rings. The van der Waals surface area contributed by atoms with Gasteiger partial charge >= 0.3 is 17.9 Å². The Morgan fingerprint density at radius 2 is 0.418 bits per heavy atom. The van der Waals surface area contributed by atoms with Crippen molar-refractivity contribution in [3.8, 4) is 0 Å². The summed E-state index contributed by atoms with van der Waals surface area (Å²) >= 11 is 0. The molecule has 0 radical (unpaired) electrons. The number of carbonyl (C=O) groups excluding carboxylic acids is 3. The Labute approximate surface area is 494 Å². The lowest BCUT2D eigenvalue weighted by atomic mass is 10.0. The second-order valence-corrected chi connectivity index (χ2v) is 24.9. The van der Waals surface area contributed by atoms with E-state index in [9.17, 15) is 14.4 Å². The van der Waals surface area contributed by atoms with Gasteiger partial charge in [-0.05, 0) is 44.9 Å². The summed E-state index contributed by atoms with van der Waals surface area (Å²) in [7, 11) is 0. The molecule has 6 nitrogen and oxygen atoms in total. The van der Waals surface area contributed by atoms with Crippen LogP contribution in [0.25, 0.3) is 0 Å². The van der Waals surface area contributed by atoms with Gasteiger partial charge in [0.05, 0.1) is 0 Å². The number of allylic oxidation sites excluding steroid dienone is 2. The van der Waals surface area contributed by atoms with E-state index in [1.807, 2.05) is 0 Å². The quantitative estimate of drug-likeness (QED) is 0.0261. The second-order valence-electron chi connectivity index (χ2n) is 24.9. The zero-order valence-electron chi connectivity index (χ0n) is 53.9. The number of unbranched alkanes of at least 4 members (excludes halogenated alkanes) is 55. The number of hydrogen-bond acceptors (Lipinski definition) is 6. The summed E-state index contributed by atoms with van der Waals surface area (Å²) < 4.78 is 17.0. The highest BCUT2D eigenvalue weighted by Gasteiger charge is 2.19. The van der Waals surface area contributed by atoms with E-state index < -0.39 is 6.10 Å². The molecule has 79 heavy (non-hydrogen) atoms. The first kappa shape index (κ1) is 77.2. The van der Waals surface area contributed by atoms with Crippen molar-refractivity contribution in [2.45, 2.75) is 425 Å². The molecule has 468 valence electrons. The van der Waals surface area contributed by atoms with Crippen LogP contribution in [0.5, 0.6) is 0 Å². The lowest BCUT2D eigenvalue weighted by Crippen LogP contribution is -2.30. The molecule has 0 aliphatic heterocycles. The smallest absolute Gasteiger partial charge is 0.306 e. The molecule has 1 unspecified atom stereocenters. The van der Waals surface area contributed by atoms with Gasteiger partial charge in [-0.15, -0.1) is 0 Å². The third-order valence-corrected chi connectivity index (χ3v) is 16.8. The van der Waals surface area contributed by atoms with Crippen LogP contribution < -0.4 is 0 Å². The Bertz CT molecular complexity index is 1230. The number of ether oxygens (including phenoxy) is 3. The van der Waals surface area contributed by atoms with Gasteiger partial charge in [0.15, 0.2) is 6.10 Å². The highest BCUT2D eigenvalue weighted by molar-refractivity contribution is 5.71. The molecule has 0 fully saturated rings. The molecule has 0 aliphatic rings. The molecule has 1 atom stereocenters. The zero-order chi connectivity index (χ0) is 57.1. The normalized spacial score (nSPS) is 12.0. The second kappa shape index (κ2) is 68.6. The summed E-state index contributed by atoms with van der Waals surface area (Å²) in [4.78, 5) is 38.5. The monoisotopic (exact) mass is 1110 g/mol. The molecule has 0 bridgehead atoms. The van der Waals surface area contributed by atoms with E-state index in [1.54, 1.807) is 0 Å². The summed E-state index contributed by atoms with van der Waals surface area (Å²) in [6.45, 7) is 6.73. The largest absolute Gasteiger partial charge is 0.462 e. The number of carbonyl (C=O) groups is 3. The van der Waals surface area contributed by atoms with Gasteiger partial charge < -0.3 is 14.2 Å². The van der Waals surface area contributed by atoms with Crippen LogP contribution in [0.3, 0.4) is 0 Å². The highest BCUT2D eigenvalue weighted by atomic mass is 16.6. The fourth-order valence-corrected chi connectivity index (χ4v) is 11.3. The molecule has 0 N–H and O–H groups in total. The van der Waals surface area contributed by atoms with Gasteiger partial charge in [0.25, 0.3) is 0 Å². The Balaban J connectivity index is 4.21. The van der Waals surface area contributed by atoms with E-state index >= 15 is 0 Å². The molecule has 0 saturated carbocycles. The third-order valence-electron chi connectivity index (χ3n) is 16.8. The van der Waals surface area contributed by atoms with Gasteiger partial charge in [0, 0.05) is 19.3 Å². The Morgan fingerprint density at radius 1 is 0.241 bits per heavy atom. The van der Waals surface area contributed by atoms with Crippen LogP contribution in [-0.2, 0) is 28.6 Å². The van der Waals surface area contributed by atoms with Gasteiger partial charge in [0.2, 0.25) is 0 Å². The van der Waals surface area contributed by atoms with Gasteiger partial charge in [-0.2, -0.15) is 0 Å². The van der Waals surface area contributed by atoms with Crippen molar-refractivity contribution in [3.05, 3.63) is 12.2 Å². The van der Waals surface area contributed by atoms with E-state index in [0.717, 1.165) is 57.8 Å². The molecule has 6 heteroatoms. The topological polar surface area (TPSA) is 78.9 Å². The van der Waals surface area contributed by atoms with Crippen molar-refractivity contribution in [1.29, 1.82) is 0 Å². The molecule has 0 rings (SSSR count). The number of rotatable bonds is 68. The minimum absolute atomic E-state index is 0.0648. The molecular weight excluding hydrogens is 973 g/mol. The van der Waals surface area contributed by atoms with E-state index in [1.165, 1.54) is 321 Å². The summed E-state index contributed by atoms with van der Waals surface area (Å²) in [5.41, 5.74) is 0. The van der Waals surface area contributed by atoms with E-state index in [0.29, 0.717) is 19.3 Å². The molecular formula is C73H140O6. The summed E-state index contributed by atoms with van der Waals surface area (Å²) in [6.07, 6.45) is 82.5. The zero-order valence-corrected chi connectivity index (χ0v) is 53.9. The van der Waals surface area contributed by atoms with Crippen LogP contribution in [0, 0.1) is 0 Å². The summed E-state index contributed by atoms with van der Waals surface area (Å²) in [6, 6.07) is 0. The van der Waals surface area contributed by atoms with Crippen molar-refractivity contribution >= 4 is 17.9 Å². The molecule has 0 aromatic carbocycles. The average Bonchev–Trinajstić information content (AvgIpc) is 3.45. The van der Waals surface area contributed by atoms with Gasteiger partial charge in [-0.1, -0.05) is 367 Å². The first-order chi connectivity index (χ1) is 39.0. The SMILES string of the molecule is CCCCCCCCC/C=C\CCCCCCCCCC(=O)OC(COC(=O)CCCCCCCCCCCCCCCCCC)COC(=O)CCCCCCCCCCCCCCCCCCCCCCCCCCCCC. The Morgan fingerprint density at radius 3 is 0.633 bits per heavy atom. The van der Waals surface area contributed by atoms with Crippen molar-refractivity contribution in [2.24, 2.45) is 0 Å². The maximum Gasteiger partial charge on any atom is 0.306 e. The van der Waals surface area contributed by atoms with Crippen LogP contribution in [0.15, 0.2) is 12.2 Å². The predicted molar refractivity (Wildman–Crippen MR) is 344 cm³/mol. The first-order valence-corrected chi connectivity index (χ1v) is 36.2. The minimum Gasteiger partial charge on any atom is -0.462 e. The lowest BCUT2D eigenvalue weighted by Gasteiger charge is -2.18. The van der Waals surface area contributed by atoms with Crippen LogP contribution in [0.1, 0.15) is 419 Å². The van der Waals surface area contributed by atoms with Crippen LogP contribution in [0.4, 0.5) is 0 Å². The average molecular weight is 1110 g/mol. The summed E-state index contributed by atoms with van der Waals surface area (Å²) in [5, 5.41) is 0. The van der Waals surface area contributed by atoms with Crippen molar-refractivity contribution in [2.75, 3.05) is 13.2 Å². The maximum atomic E-state index is 12.9. The first-order valence-electron chi connectivity index (χ1n) is 36.2. The van der Waals surface area contributed by atoms with E-state index in [-0.39, 0.29) is 31.1 Å². The maximum absolute atomic E-state index is 12.9. The Hall–Kier alpha value is -1.85. The van der Waals surface area contributed by atoms with Gasteiger partial charge in [-0.3, -0.25) is 14.4 Å². The van der Waals surface area contributed by atoms with E-state index in [2.05, 4.69) is 32.9 Å². The van der Waals surface area contributed by atoms with Crippen LogP contribution in [0.2, 0.25) is 0 Å². The van der Waals surface area contributed by atoms with Crippen molar-refractivity contribution in [3.63, 3.8) is 0 Å². The van der Waals surface area contributed by atoms with Gasteiger partial charge in [-0.25, -0.2) is 0 Å². The Kier molecular flexibility index (Phi) is 67.0. The van der Waals surface area contributed by atoms with Crippen molar-refractivity contribution < 1.29 is 28.6 Å². The number of esters is 3. The molecule has 0 saturated heterocycles. The van der Waals surface area contributed by atoms with Crippen LogP contribution in [-0.4, -0.2) is 37.2 Å². The molecule has 0 aromatic heterocycles. The molecule has 0 amide bonds. The standard InChI is InChI=1S/C73H140O6/c1-4-7-10-13-16-19-22-25-28-31-33-34-35-36-37-38-39-40-41-43-45-48-51-54-57-60-63-66-72(75)78-69-70(68-77-71(74)65-62-59-56-53-50-47-44-30-27-24-21-18-15-12-9-6-3)79-73(76)67-64-61-58-55-52-49-46-42-32-29-26-23-20-17-14-11-8-5-2/h29,32,70H,4-28,30-31,33-69H2,1-3H3/b32-29-. The van der Waals surface area contributed by atoms with Crippen LogP contribution >= 0.6 is 0 Å². The van der Waals surface area contributed by atoms with Crippen molar-refractivity contribution in [1.82, 2.24) is 0 Å². The fourth-order valence-electron chi connectivity index (χ4n) is 11.3.